The second-order valence-electron chi connectivity index (χ2n) is 8.31. The SMILES string of the molecule is CCCc1c(C)nc2ccc(C(=O)O)cc2c1N1CC[C@H](O)[C@](CO)(CCC)C1. The number of carboxylic acid groups (broad SMARTS) is 1. The first-order valence-corrected chi connectivity index (χ1v) is 10.6. The zero-order valence-corrected chi connectivity index (χ0v) is 17.6. The Morgan fingerprint density at radius 2 is 2.07 bits per heavy atom. The van der Waals surface area contributed by atoms with Crippen molar-refractivity contribution in [3.8, 4) is 0 Å². The normalized spacial score (nSPS) is 22.2. The summed E-state index contributed by atoms with van der Waals surface area (Å²) in [5, 5.41) is 31.2. The highest BCUT2D eigenvalue weighted by Crippen LogP contribution is 2.41. The van der Waals surface area contributed by atoms with Crippen LogP contribution in [0.1, 0.15) is 61.1 Å². The lowest BCUT2D eigenvalue weighted by Gasteiger charge is -2.47. The lowest BCUT2D eigenvalue weighted by Crippen LogP contribution is -2.54. The standard InChI is InChI=1S/C23H32N2O4/c1-4-6-17-15(3)24-19-8-7-16(22(28)29)12-18(19)21(17)25-11-9-20(27)23(13-25,14-26)10-5-2/h7-8,12,20,26-27H,4-6,9-11,13-14H2,1-3H3,(H,28,29)/t20-,23+/m0/s1. The molecule has 0 bridgehead atoms. The first-order chi connectivity index (χ1) is 13.9. The molecule has 0 spiro atoms. The second kappa shape index (κ2) is 8.67. The van der Waals surface area contributed by atoms with Gasteiger partial charge in [-0.3, -0.25) is 4.98 Å². The zero-order chi connectivity index (χ0) is 21.2. The number of aliphatic hydroxyl groups is 2. The maximum Gasteiger partial charge on any atom is 0.335 e. The Kier molecular flexibility index (Phi) is 6.44. The molecule has 1 aromatic heterocycles. The molecule has 1 aromatic carbocycles. The zero-order valence-electron chi connectivity index (χ0n) is 17.6. The Hall–Kier alpha value is -2.18. The molecule has 1 saturated heterocycles. The summed E-state index contributed by atoms with van der Waals surface area (Å²) in [6, 6.07) is 5.08. The Balaban J connectivity index is 2.21. The smallest absolute Gasteiger partial charge is 0.335 e. The second-order valence-corrected chi connectivity index (χ2v) is 8.31. The molecule has 1 aliphatic heterocycles. The van der Waals surface area contributed by atoms with Crippen LogP contribution in [0, 0.1) is 12.3 Å². The molecule has 158 valence electrons. The van der Waals surface area contributed by atoms with Gasteiger partial charge in [0.2, 0.25) is 0 Å². The number of carboxylic acids is 1. The summed E-state index contributed by atoms with van der Waals surface area (Å²) in [4.78, 5) is 18.6. The van der Waals surface area contributed by atoms with Crippen LogP contribution in [0.2, 0.25) is 0 Å². The van der Waals surface area contributed by atoms with Crippen molar-refractivity contribution in [2.45, 2.75) is 59.0 Å². The average Bonchev–Trinajstić information content (AvgIpc) is 2.70. The number of aliphatic hydroxyl groups excluding tert-OH is 2. The third-order valence-corrected chi connectivity index (χ3v) is 6.27. The number of fused-ring (bicyclic) bond motifs is 1. The molecule has 3 N–H and O–H groups in total. The summed E-state index contributed by atoms with van der Waals surface area (Å²) >= 11 is 0. The van der Waals surface area contributed by atoms with Crippen molar-refractivity contribution in [1.29, 1.82) is 0 Å². The summed E-state index contributed by atoms with van der Waals surface area (Å²) < 4.78 is 0. The number of hydrogen-bond acceptors (Lipinski definition) is 5. The van der Waals surface area contributed by atoms with E-state index in [1.54, 1.807) is 18.2 Å². The molecule has 2 atom stereocenters. The quantitative estimate of drug-likeness (QED) is 0.658. The molecule has 0 saturated carbocycles. The lowest BCUT2D eigenvalue weighted by atomic mass is 9.74. The first-order valence-electron chi connectivity index (χ1n) is 10.6. The van der Waals surface area contributed by atoms with E-state index in [4.69, 9.17) is 4.98 Å². The van der Waals surface area contributed by atoms with Crippen LogP contribution in [-0.2, 0) is 6.42 Å². The van der Waals surface area contributed by atoms with Crippen LogP contribution in [0.4, 0.5) is 5.69 Å². The van der Waals surface area contributed by atoms with Gasteiger partial charge in [-0.2, -0.15) is 0 Å². The topological polar surface area (TPSA) is 93.9 Å². The maximum atomic E-state index is 11.6. The number of hydrogen-bond donors (Lipinski definition) is 3. The van der Waals surface area contributed by atoms with Crippen molar-refractivity contribution in [2.24, 2.45) is 5.41 Å². The van der Waals surface area contributed by atoms with Gasteiger partial charge >= 0.3 is 5.97 Å². The van der Waals surface area contributed by atoms with E-state index in [-0.39, 0.29) is 12.2 Å². The maximum absolute atomic E-state index is 11.6. The van der Waals surface area contributed by atoms with E-state index in [1.807, 2.05) is 6.92 Å². The molecule has 29 heavy (non-hydrogen) atoms. The summed E-state index contributed by atoms with van der Waals surface area (Å²) in [6.45, 7) is 7.34. The third-order valence-electron chi connectivity index (χ3n) is 6.27. The number of rotatable bonds is 7. The molecule has 6 nitrogen and oxygen atoms in total. The molecule has 0 aliphatic carbocycles. The van der Waals surface area contributed by atoms with Crippen LogP contribution >= 0.6 is 0 Å². The minimum absolute atomic E-state index is 0.0655. The molecule has 0 unspecified atom stereocenters. The summed E-state index contributed by atoms with van der Waals surface area (Å²) in [6.07, 6.45) is 3.46. The van der Waals surface area contributed by atoms with Gasteiger partial charge in [-0.05, 0) is 49.9 Å². The molecule has 2 aromatic rings. The van der Waals surface area contributed by atoms with Crippen LogP contribution in [0.15, 0.2) is 18.2 Å². The highest BCUT2D eigenvalue weighted by molar-refractivity contribution is 5.99. The Bertz CT molecular complexity index is 898. The van der Waals surface area contributed by atoms with E-state index in [9.17, 15) is 20.1 Å². The predicted octanol–water partition coefficient (Wildman–Crippen LogP) is 3.54. The number of pyridine rings is 1. The number of aromatic carboxylic acids is 1. The molecule has 0 amide bonds. The van der Waals surface area contributed by atoms with Gasteiger partial charge in [0.05, 0.1) is 29.5 Å². The van der Waals surface area contributed by atoms with Gasteiger partial charge in [0.25, 0.3) is 0 Å². The van der Waals surface area contributed by atoms with Gasteiger partial charge in [-0.25, -0.2) is 4.79 Å². The molecule has 0 radical (unpaired) electrons. The van der Waals surface area contributed by atoms with Crippen LogP contribution in [0.5, 0.6) is 0 Å². The summed E-state index contributed by atoms with van der Waals surface area (Å²) in [7, 11) is 0. The average molecular weight is 401 g/mol. The fourth-order valence-corrected chi connectivity index (χ4v) is 4.77. The predicted molar refractivity (Wildman–Crippen MR) is 115 cm³/mol. The number of nitrogens with zero attached hydrogens (tertiary/aromatic N) is 2. The van der Waals surface area contributed by atoms with Crippen LogP contribution < -0.4 is 4.90 Å². The van der Waals surface area contributed by atoms with E-state index in [2.05, 4.69) is 18.7 Å². The number of anilines is 1. The Morgan fingerprint density at radius 3 is 2.69 bits per heavy atom. The summed E-state index contributed by atoms with van der Waals surface area (Å²) in [5.74, 6) is -0.958. The molecule has 1 aliphatic rings. The molecule has 1 fully saturated rings. The highest BCUT2D eigenvalue weighted by atomic mass is 16.4. The molecular weight excluding hydrogens is 368 g/mol. The minimum atomic E-state index is -0.958. The Morgan fingerprint density at radius 1 is 1.31 bits per heavy atom. The van der Waals surface area contributed by atoms with Crippen molar-refractivity contribution < 1.29 is 20.1 Å². The van der Waals surface area contributed by atoms with Crippen LogP contribution in [0.25, 0.3) is 10.9 Å². The van der Waals surface area contributed by atoms with Gasteiger partial charge in [0.15, 0.2) is 0 Å². The van der Waals surface area contributed by atoms with Crippen LogP contribution in [0.3, 0.4) is 0 Å². The monoisotopic (exact) mass is 400 g/mol. The van der Waals surface area contributed by atoms with Gasteiger partial charge < -0.3 is 20.2 Å². The number of aromatic nitrogens is 1. The third kappa shape index (κ3) is 3.96. The fourth-order valence-electron chi connectivity index (χ4n) is 4.77. The molecule has 6 heteroatoms. The first kappa shape index (κ1) is 21.5. The van der Waals surface area contributed by atoms with Crippen molar-refractivity contribution >= 4 is 22.6 Å². The number of benzene rings is 1. The number of piperidine rings is 1. The highest BCUT2D eigenvalue weighted by Gasteiger charge is 2.42. The van der Waals surface area contributed by atoms with Gasteiger partial charge in [-0.1, -0.05) is 26.7 Å². The van der Waals surface area contributed by atoms with E-state index in [1.165, 1.54) is 0 Å². The van der Waals surface area contributed by atoms with Gasteiger partial charge in [0.1, 0.15) is 0 Å². The van der Waals surface area contributed by atoms with E-state index < -0.39 is 17.5 Å². The lowest BCUT2D eigenvalue weighted by molar-refractivity contribution is -0.0351. The van der Waals surface area contributed by atoms with Crippen molar-refractivity contribution in [1.82, 2.24) is 4.98 Å². The van der Waals surface area contributed by atoms with E-state index in [0.29, 0.717) is 19.5 Å². The van der Waals surface area contributed by atoms with Crippen molar-refractivity contribution in [3.05, 3.63) is 35.0 Å². The fraction of sp³-hybridized carbons (Fsp3) is 0.565. The summed E-state index contributed by atoms with van der Waals surface area (Å²) in [5.41, 5.74) is 3.54. The van der Waals surface area contributed by atoms with Gasteiger partial charge in [-0.15, -0.1) is 0 Å². The molecule has 3 rings (SSSR count). The van der Waals surface area contributed by atoms with Crippen LogP contribution in [-0.4, -0.2) is 52.1 Å². The Labute approximate surface area is 172 Å². The van der Waals surface area contributed by atoms with E-state index in [0.717, 1.165) is 53.5 Å². The largest absolute Gasteiger partial charge is 0.478 e. The van der Waals surface area contributed by atoms with E-state index >= 15 is 0 Å². The molecular formula is C23H32N2O4. The van der Waals surface area contributed by atoms with Crippen molar-refractivity contribution in [3.63, 3.8) is 0 Å². The van der Waals surface area contributed by atoms with Crippen molar-refractivity contribution in [2.75, 3.05) is 24.6 Å². The number of carbonyl (C=O) groups is 1. The number of aryl methyl sites for hydroxylation is 1. The molecule has 2 heterocycles. The van der Waals surface area contributed by atoms with Gasteiger partial charge in [0, 0.05) is 29.6 Å². The minimum Gasteiger partial charge on any atom is -0.478 e.